The fraction of sp³-hybridized carbons (Fsp3) is 0.170. The van der Waals surface area contributed by atoms with Crippen molar-refractivity contribution in [2.24, 2.45) is 0 Å². The third-order valence-corrected chi connectivity index (χ3v) is 10.8. The lowest BCUT2D eigenvalue weighted by molar-refractivity contribution is -0.133. The largest absolute Gasteiger partial charge is 0.524 e. The van der Waals surface area contributed by atoms with Crippen LogP contribution >= 0.6 is 7.82 Å². The molecule has 4 atom stereocenters. The second-order valence-corrected chi connectivity index (χ2v) is 16.4. The minimum absolute atomic E-state index is 0.0102. The highest BCUT2D eigenvalue weighted by molar-refractivity contribution is 7.46. The average molecular weight is 900 g/mol. The summed E-state index contributed by atoms with van der Waals surface area (Å²) in [5.74, 6) is -3.01. The quantitative estimate of drug-likeness (QED) is 0.0288. The summed E-state index contributed by atoms with van der Waals surface area (Å²) >= 11 is 0. The van der Waals surface area contributed by atoms with Gasteiger partial charge in [0.2, 0.25) is 30.0 Å². The van der Waals surface area contributed by atoms with Crippen molar-refractivity contribution >= 4 is 66.9 Å². The number of hydrogen-bond donors (Lipinski definition) is 9. The smallest absolute Gasteiger partial charge is 0.423 e. The highest BCUT2D eigenvalue weighted by Crippen LogP contribution is 2.37. The van der Waals surface area contributed by atoms with Gasteiger partial charge in [0.25, 0.3) is 0 Å². The average Bonchev–Trinajstić information content (AvgIpc) is 3.29. The molecule has 0 aliphatic heterocycles. The van der Waals surface area contributed by atoms with Gasteiger partial charge < -0.3 is 41.2 Å². The van der Waals surface area contributed by atoms with E-state index < -0.39 is 62.7 Å². The second-order valence-electron chi connectivity index (χ2n) is 15.2. The van der Waals surface area contributed by atoms with Crippen LogP contribution in [0.15, 0.2) is 152 Å². The normalized spacial score (nSPS) is 13.0. The zero-order valence-corrected chi connectivity index (χ0v) is 35.7. The van der Waals surface area contributed by atoms with Crippen LogP contribution < -0.4 is 36.6 Å². The van der Waals surface area contributed by atoms with E-state index in [1.54, 1.807) is 60.7 Å². The third-order valence-electron chi connectivity index (χ3n) is 10.3. The van der Waals surface area contributed by atoms with Gasteiger partial charge in [-0.1, -0.05) is 127 Å². The van der Waals surface area contributed by atoms with Crippen LogP contribution in [0.25, 0.3) is 10.8 Å². The van der Waals surface area contributed by atoms with E-state index in [-0.39, 0.29) is 42.6 Å². The summed E-state index contributed by atoms with van der Waals surface area (Å²) in [6.07, 6.45) is 0.345. The van der Waals surface area contributed by atoms with Crippen molar-refractivity contribution in [2.75, 3.05) is 5.32 Å². The Kier molecular flexibility index (Phi) is 16.4. The van der Waals surface area contributed by atoms with Crippen molar-refractivity contribution < 1.29 is 52.9 Å². The number of anilines is 1. The Labute approximate surface area is 374 Å². The molecule has 9 N–H and O–H groups in total. The summed E-state index contributed by atoms with van der Waals surface area (Å²) < 4.78 is 16.1. The topological polar surface area (TPSA) is 253 Å². The van der Waals surface area contributed by atoms with E-state index in [0.717, 1.165) is 16.3 Å². The predicted octanol–water partition coefficient (Wildman–Crippen LogP) is 2.47. The number of nitrogens with one attached hydrogen (secondary N) is 5. The fourth-order valence-corrected chi connectivity index (χ4v) is 7.52. The molecule has 6 rings (SSSR count). The van der Waals surface area contributed by atoms with Crippen LogP contribution in [0.2, 0.25) is 0 Å². The van der Waals surface area contributed by atoms with Crippen molar-refractivity contribution in [1.29, 1.82) is 0 Å². The van der Waals surface area contributed by atoms with Gasteiger partial charge in [-0.15, -0.1) is 0 Å². The summed E-state index contributed by atoms with van der Waals surface area (Å²) in [4.78, 5) is 87.2. The van der Waals surface area contributed by atoms with Crippen molar-refractivity contribution in [1.82, 2.24) is 21.3 Å². The number of phosphoric acid groups is 1. The van der Waals surface area contributed by atoms with Crippen molar-refractivity contribution in [3.63, 3.8) is 0 Å². The van der Waals surface area contributed by atoms with Crippen LogP contribution in [-0.4, -0.2) is 81.2 Å². The summed E-state index contributed by atoms with van der Waals surface area (Å²) in [5, 5.41) is 35.0. The van der Waals surface area contributed by atoms with Gasteiger partial charge in [-0.3, -0.25) is 33.8 Å². The lowest BCUT2D eigenvalue weighted by Gasteiger charge is -2.27. The maximum absolute atomic E-state index is 14.5. The molecule has 65 heavy (non-hydrogen) atoms. The molecule has 6 aromatic rings. The first-order valence-electron chi connectivity index (χ1n) is 20.5. The molecule has 0 heterocycles. The van der Waals surface area contributed by atoms with Crippen LogP contribution in [0.1, 0.15) is 22.3 Å². The zero-order chi connectivity index (χ0) is 46.3. The molecule has 0 bridgehead atoms. The molecule has 0 spiro atoms. The number of hydrogen-bond acceptors (Lipinski definition) is 9. The van der Waals surface area contributed by atoms with Crippen molar-refractivity contribution in [3.05, 3.63) is 174 Å². The Balaban J connectivity index is 1.27. The molecule has 5 amide bonds. The summed E-state index contributed by atoms with van der Waals surface area (Å²) in [7, 11) is -6.69. The second kappa shape index (κ2) is 22.5. The molecule has 334 valence electrons. The summed E-state index contributed by atoms with van der Waals surface area (Å²) in [6.45, 7) is 0. The molecular formula is C47H47BN5O11P. The lowest BCUT2D eigenvalue weighted by Crippen LogP contribution is -2.59. The number of amides is 5. The van der Waals surface area contributed by atoms with Crippen LogP contribution in [0.3, 0.4) is 0 Å². The lowest BCUT2D eigenvalue weighted by atomic mass is 9.80. The maximum atomic E-state index is 14.5. The van der Waals surface area contributed by atoms with E-state index in [2.05, 4.69) is 31.1 Å². The van der Waals surface area contributed by atoms with Crippen LogP contribution in [0.5, 0.6) is 5.75 Å². The van der Waals surface area contributed by atoms with Gasteiger partial charge in [-0.2, -0.15) is 0 Å². The van der Waals surface area contributed by atoms with Crippen LogP contribution in [0.4, 0.5) is 5.69 Å². The minimum atomic E-state index is -4.86. The molecule has 0 saturated carbocycles. The van der Waals surface area contributed by atoms with Crippen LogP contribution in [-0.2, 0) is 54.2 Å². The first-order valence-corrected chi connectivity index (χ1v) is 22.0. The standard InChI is InChI=1S/C47H47BN5O11P/c54-30-49-40(28-34-18-21-35-14-7-8-15-36(35)24-34)44(55)51-42(25-31-10-3-1-4-11-31)46(57)53-43(26-32-12-5-2-6-13-32)47(58)52-41(27-33-19-22-39(23-20-33)64-65(61,62)63)45(56)50-38-17-9-16-37(29-38)48(59)60/h1-24,29-30,40-43,59-60H,25-28H2,(H,49,54)(H,50,56)(H,51,55)(H,52,58)(H,53,57)(H2,61,62,63). The van der Waals surface area contributed by atoms with Gasteiger partial charge in [-0.05, 0) is 62.8 Å². The molecule has 16 nitrogen and oxygen atoms in total. The maximum Gasteiger partial charge on any atom is 0.524 e. The molecule has 0 aliphatic carbocycles. The number of carbonyl (C=O) groups excluding carboxylic acids is 5. The summed E-state index contributed by atoms with van der Waals surface area (Å²) in [5.41, 5.74) is 2.83. The molecule has 18 heteroatoms. The molecule has 0 radical (unpaired) electrons. The van der Waals surface area contributed by atoms with Gasteiger partial charge in [0.15, 0.2) is 0 Å². The summed E-state index contributed by atoms with van der Waals surface area (Å²) in [6, 6.07) is 37.4. The van der Waals surface area contributed by atoms with E-state index >= 15 is 0 Å². The number of benzene rings is 6. The Morgan fingerprint density at radius 1 is 0.538 bits per heavy atom. The van der Waals surface area contributed by atoms with Gasteiger partial charge in [0.1, 0.15) is 29.9 Å². The van der Waals surface area contributed by atoms with Crippen molar-refractivity contribution in [3.8, 4) is 5.75 Å². The monoisotopic (exact) mass is 899 g/mol. The Bertz CT molecular complexity index is 2640. The zero-order valence-electron chi connectivity index (χ0n) is 34.8. The van der Waals surface area contributed by atoms with Gasteiger partial charge in [-0.25, -0.2) is 4.57 Å². The first kappa shape index (κ1) is 47.3. The molecule has 0 saturated heterocycles. The number of carbonyl (C=O) groups is 5. The minimum Gasteiger partial charge on any atom is -0.423 e. The number of rotatable bonds is 21. The SMILES string of the molecule is O=CNC(Cc1ccc2ccccc2c1)C(=O)NC(Cc1ccccc1)C(=O)NC(Cc1ccccc1)C(=O)NC(Cc1ccc(OP(=O)(O)O)cc1)C(=O)Nc1cccc(B(O)O)c1. The fourth-order valence-electron chi connectivity index (χ4n) is 7.12. The predicted molar refractivity (Wildman–Crippen MR) is 244 cm³/mol. The Morgan fingerprint density at radius 3 is 1.55 bits per heavy atom. The Hall–Kier alpha value is -7.14. The molecule has 0 aliphatic rings. The number of fused-ring (bicyclic) bond motifs is 1. The molecule has 6 aromatic carbocycles. The molecule has 4 unspecified atom stereocenters. The molecule has 0 fully saturated rings. The third kappa shape index (κ3) is 14.4. The number of phosphoric ester groups is 1. The van der Waals surface area contributed by atoms with E-state index in [4.69, 9.17) is 0 Å². The van der Waals surface area contributed by atoms with E-state index in [1.807, 2.05) is 42.5 Å². The molecule has 0 aromatic heterocycles. The highest BCUT2D eigenvalue weighted by atomic mass is 31.2. The van der Waals surface area contributed by atoms with E-state index in [9.17, 15) is 48.4 Å². The van der Waals surface area contributed by atoms with Crippen LogP contribution in [0, 0.1) is 0 Å². The van der Waals surface area contributed by atoms with E-state index in [1.165, 1.54) is 48.5 Å². The molecular weight excluding hydrogens is 852 g/mol. The van der Waals surface area contributed by atoms with Gasteiger partial charge in [0, 0.05) is 31.4 Å². The van der Waals surface area contributed by atoms with Gasteiger partial charge in [0.05, 0.1) is 0 Å². The first-order chi connectivity index (χ1) is 31.2. The van der Waals surface area contributed by atoms with E-state index in [0.29, 0.717) is 23.1 Å². The van der Waals surface area contributed by atoms with Gasteiger partial charge >= 0.3 is 14.9 Å². The Morgan fingerprint density at radius 2 is 1.02 bits per heavy atom. The highest BCUT2D eigenvalue weighted by Gasteiger charge is 2.32. The van der Waals surface area contributed by atoms with Crippen molar-refractivity contribution in [2.45, 2.75) is 49.9 Å².